The van der Waals surface area contributed by atoms with Gasteiger partial charge in [0.2, 0.25) is 0 Å². The Morgan fingerprint density at radius 3 is 2.47 bits per heavy atom. The van der Waals surface area contributed by atoms with Crippen molar-refractivity contribution < 1.29 is 4.74 Å². The van der Waals surface area contributed by atoms with Crippen LogP contribution < -0.4 is 15.0 Å². The summed E-state index contributed by atoms with van der Waals surface area (Å²) in [6.07, 6.45) is 3.68. The molecule has 2 atom stereocenters. The van der Waals surface area contributed by atoms with Gasteiger partial charge in [-0.05, 0) is 86.6 Å². The topological polar surface area (TPSA) is 55.2 Å². The number of aromatic nitrogens is 3. The SMILES string of the molecule is COc1ccccc1N1C(=S)N[C@H](c2ccccn2)[C@H]1c1cc(C)n(-c2cc(C)ccn2)c1C. The second-order valence-electron chi connectivity index (χ2n) is 8.52. The molecule has 3 aromatic heterocycles. The molecule has 6 nitrogen and oxygen atoms in total. The summed E-state index contributed by atoms with van der Waals surface area (Å²) in [6, 6.07) is 20.1. The Bertz CT molecular complexity index is 1350. The molecule has 172 valence electrons. The molecular formula is C27H27N5OS. The maximum atomic E-state index is 5.89. The second-order valence-corrected chi connectivity index (χ2v) is 8.91. The van der Waals surface area contributed by atoms with E-state index in [4.69, 9.17) is 17.0 Å². The van der Waals surface area contributed by atoms with Crippen molar-refractivity contribution in [3.05, 3.63) is 101 Å². The van der Waals surface area contributed by atoms with E-state index in [2.05, 4.69) is 57.7 Å². The minimum Gasteiger partial charge on any atom is -0.495 e. The zero-order valence-electron chi connectivity index (χ0n) is 19.7. The number of hydrogen-bond acceptors (Lipinski definition) is 4. The maximum absolute atomic E-state index is 5.89. The van der Waals surface area contributed by atoms with Crippen LogP contribution in [0.2, 0.25) is 0 Å². The number of methoxy groups -OCH3 is 1. The van der Waals surface area contributed by atoms with Gasteiger partial charge in [0.15, 0.2) is 5.11 Å². The summed E-state index contributed by atoms with van der Waals surface area (Å²) in [5, 5.41) is 4.18. The summed E-state index contributed by atoms with van der Waals surface area (Å²) in [6.45, 7) is 6.34. The molecule has 4 heterocycles. The van der Waals surface area contributed by atoms with Crippen LogP contribution in [-0.2, 0) is 0 Å². The van der Waals surface area contributed by atoms with Crippen LogP contribution in [0.5, 0.6) is 5.75 Å². The Balaban J connectivity index is 1.71. The molecule has 5 rings (SSSR count). The first-order valence-corrected chi connectivity index (χ1v) is 11.7. The van der Waals surface area contributed by atoms with Gasteiger partial charge in [0.1, 0.15) is 11.6 Å². The molecule has 0 unspecified atom stereocenters. The van der Waals surface area contributed by atoms with E-state index in [1.165, 1.54) is 5.56 Å². The fourth-order valence-corrected chi connectivity index (χ4v) is 5.18. The normalized spacial score (nSPS) is 17.6. The van der Waals surface area contributed by atoms with Gasteiger partial charge in [0.05, 0.1) is 30.6 Å². The Morgan fingerprint density at radius 2 is 1.74 bits per heavy atom. The third kappa shape index (κ3) is 3.72. The van der Waals surface area contributed by atoms with E-state index in [0.717, 1.165) is 39.9 Å². The molecule has 0 amide bonds. The van der Waals surface area contributed by atoms with E-state index in [1.807, 2.05) is 60.9 Å². The Morgan fingerprint density at radius 1 is 0.941 bits per heavy atom. The number of thiocarbonyl (C=S) groups is 1. The molecule has 0 spiro atoms. The van der Waals surface area contributed by atoms with E-state index < -0.39 is 0 Å². The smallest absolute Gasteiger partial charge is 0.174 e. The average Bonchev–Trinajstić information content (AvgIpc) is 3.34. The first kappa shape index (κ1) is 22.1. The van der Waals surface area contributed by atoms with Crippen LogP contribution in [0.15, 0.2) is 73.1 Å². The van der Waals surface area contributed by atoms with E-state index >= 15 is 0 Å². The van der Waals surface area contributed by atoms with Crippen LogP contribution in [0.4, 0.5) is 5.69 Å². The lowest BCUT2D eigenvalue weighted by molar-refractivity contribution is 0.414. The van der Waals surface area contributed by atoms with Crippen LogP contribution in [0.3, 0.4) is 0 Å². The predicted octanol–water partition coefficient (Wildman–Crippen LogP) is 5.38. The van der Waals surface area contributed by atoms with Crippen LogP contribution in [0, 0.1) is 20.8 Å². The lowest BCUT2D eigenvalue weighted by Crippen LogP contribution is -2.30. The maximum Gasteiger partial charge on any atom is 0.174 e. The summed E-state index contributed by atoms with van der Waals surface area (Å²) in [5.74, 6) is 1.68. The van der Waals surface area contributed by atoms with Crippen molar-refractivity contribution >= 4 is 23.0 Å². The number of hydrogen-bond donors (Lipinski definition) is 1. The molecule has 1 N–H and O–H groups in total. The summed E-state index contributed by atoms with van der Waals surface area (Å²) in [5.41, 5.74) is 6.42. The Hall–Kier alpha value is -3.71. The molecule has 0 saturated carbocycles. The van der Waals surface area contributed by atoms with Crippen molar-refractivity contribution in [2.75, 3.05) is 12.0 Å². The predicted molar refractivity (Wildman–Crippen MR) is 139 cm³/mol. The van der Waals surface area contributed by atoms with Crippen molar-refractivity contribution in [1.82, 2.24) is 19.9 Å². The van der Waals surface area contributed by atoms with Crippen LogP contribution in [0.25, 0.3) is 5.82 Å². The molecule has 1 aromatic carbocycles. The first-order chi connectivity index (χ1) is 16.5. The monoisotopic (exact) mass is 469 g/mol. The third-order valence-corrected chi connectivity index (χ3v) is 6.68. The lowest BCUT2D eigenvalue weighted by Gasteiger charge is -2.29. The standard InChI is InChI=1S/C27H27N5OS/c1-17-12-14-29-24(15-17)31-18(2)16-20(19(31)3)26-25(21-9-7-8-13-28-21)30-27(34)32(26)22-10-5-6-11-23(22)33-4/h5-16,25-26H,1-4H3,(H,30,34)/t25-,26-/m1/s1. The van der Waals surface area contributed by atoms with Gasteiger partial charge in [0, 0.05) is 23.8 Å². The summed E-state index contributed by atoms with van der Waals surface area (Å²) >= 11 is 5.89. The van der Waals surface area contributed by atoms with Crippen molar-refractivity contribution in [2.45, 2.75) is 32.9 Å². The molecule has 1 saturated heterocycles. The number of para-hydroxylation sites is 2. The molecule has 7 heteroatoms. The average molecular weight is 470 g/mol. The highest BCUT2D eigenvalue weighted by molar-refractivity contribution is 7.80. The van der Waals surface area contributed by atoms with Gasteiger partial charge in [-0.15, -0.1) is 0 Å². The highest BCUT2D eigenvalue weighted by Gasteiger charge is 2.43. The molecule has 34 heavy (non-hydrogen) atoms. The number of ether oxygens (including phenoxy) is 1. The molecule has 4 aromatic rings. The third-order valence-electron chi connectivity index (χ3n) is 6.36. The number of benzene rings is 1. The molecule has 0 aliphatic carbocycles. The minimum absolute atomic E-state index is 0.122. The summed E-state index contributed by atoms with van der Waals surface area (Å²) in [7, 11) is 1.69. The van der Waals surface area contributed by atoms with Crippen molar-refractivity contribution in [2.24, 2.45) is 0 Å². The highest BCUT2D eigenvalue weighted by atomic mass is 32.1. The first-order valence-electron chi connectivity index (χ1n) is 11.2. The number of rotatable bonds is 5. The van der Waals surface area contributed by atoms with E-state index in [-0.39, 0.29) is 12.1 Å². The Kier molecular flexibility index (Phi) is 5.79. The number of nitrogens with zero attached hydrogens (tertiary/aromatic N) is 4. The quantitative estimate of drug-likeness (QED) is 0.396. The van der Waals surface area contributed by atoms with Gasteiger partial charge in [-0.3, -0.25) is 4.98 Å². The van der Waals surface area contributed by atoms with Crippen LogP contribution in [0.1, 0.15) is 40.3 Å². The minimum atomic E-state index is -0.127. The van der Waals surface area contributed by atoms with Crippen LogP contribution in [-0.4, -0.2) is 26.8 Å². The van der Waals surface area contributed by atoms with E-state index in [1.54, 1.807) is 7.11 Å². The second kappa shape index (κ2) is 8.91. The number of anilines is 1. The van der Waals surface area contributed by atoms with Gasteiger partial charge < -0.3 is 19.5 Å². The van der Waals surface area contributed by atoms with Crippen molar-refractivity contribution in [3.63, 3.8) is 0 Å². The van der Waals surface area contributed by atoms with Gasteiger partial charge in [-0.2, -0.15) is 0 Å². The number of nitrogens with one attached hydrogen (secondary N) is 1. The highest BCUT2D eigenvalue weighted by Crippen LogP contribution is 2.45. The molecule has 1 aliphatic rings. The fourth-order valence-electron chi connectivity index (χ4n) is 4.84. The van der Waals surface area contributed by atoms with Gasteiger partial charge in [-0.1, -0.05) is 18.2 Å². The molecular weight excluding hydrogens is 442 g/mol. The van der Waals surface area contributed by atoms with E-state index in [0.29, 0.717) is 5.11 Å². The molecule has 1 aliphatic heterocycles. The largest absolute Gasteiger partial charge is 0.495 e. The van der Waals surface area contributed by atoms with Gasteiger partial charge >= 0.3 is 0 Å². The Labute approximate surface area is 205 Å². The van der Waals surface area contributed by atoms with Crippen molar-refractivity contribution in [1.29, 1.82) is 0 Å². The molecule has 0 bridgehead atoms. The van der Waals surface area contributed by atoms with Gasteiger partial charge in [-0.25, -0.2) is 4.98 Å². The zero-order valence-corrected chi connectivity index (χ0v) is 20.5. The zero-order chi connectivity index (χ0) is 23.8. The van der Waals surface area contributed by atoms with Crippen LogP contribution >= 0.6 is 12.2 Å². The fraction of sp³-hybridized carbons (Fsp3) is 0.222. The number of aryl methyl sites for hydroxylation is 2. The van der Waals surface area contributed by atoms with E-state index in [9.17, 15) is 0 Å². The molecule has 0 radical (unpaired) electrons. The van der Waals surface area contributed by atoms with Gasteiger partial charge in [0.25, 0.3) is 0 Å². The van der Waals surface area contributed by atoms with Crippen molar-refractivity contribution in [3.8, 4) is 11.6 Å². The summed E-state index contributed by atoms with van der Waals surface area (Å²) in [4.78, 5) is 11.5. The lowest BCUT2D eigenvalue weighted by atomic mass is 9.96. The molecule has 1 fully saturated rings. The number of pyridine rings is 2. The summed E-state index contributed by atoms with van der Waals surface area (Å²) < 4.78 is 7.92.